The minimum atomic E-state index is -0.279. The number of hydrogen-bond acceptors (Lipinski definition) is 10. The first kappa shape index (κ1) is 30.0. The van der Waals surface area contributed by atoms with Gasteiger partial charge in [-0.3, -0.25) is 4.57 Å². The normalized spacial score (nSPS) is 17.0. The van der Waals surface area contributed by atoms with Crippen molar-refractivity contribution in [1.82, 2.24) is 29.7 Å². The molecule has 3 unspecified atom stereocenters. The van der Waals surface area contributed by atoms with Gasteiger partial charge in [-0.15, -0.1) is 10.2 Å². The number of aryl methyl sites for hydroxylation is 1. The summed E-state index contributed by atoms with van der Waals surface area (Å²) in [6.45, 7) is 2.48. The second-order valence-corrected chi connectivity index (χ2v) is 12.7. The number of aliphatic hydroxyl groups excluding tert-OH is 1. The summed E-state index contributed by atoms with van der Waals surface area (Å²) >= 11 is 1.57. The highest BCUT2D eigenvalue weighted by Gasteiger charge is 2.32. The van der Waals surface area contributed by atoms with Crippen LogP contribution in [0.5, 0.6) is 0 Å². The zero-order valence-corrected chi connectivity index (χ0v) is 26.3. The van der Waals surface area contributed by atoms with E-state index in [2.05, 4.69) is 81.5 Å². The van der Waals surface area contributed by atoms with Gasteiger partial charge < -0.3 is 20.5 Å². The van der Waals surface area contributed by atoms with Crippen molar-refractivity contribution in [2.45, 2.75) is 50.5 Å². The van der Waals surface area contributed by atoms with Crippen molar-refractivity contribution in [3.8, 4) is 0 Å². The Morgan fingerprint density at radius 1 is 0.913 bits per heavy atom. The van der Waals surface area contributed by atoms with Gasteiger partial charge in [-0.25, -0.2) is 4.98 Å². The van der Waals surface area contributed by atoms with Crippen molar-refractivity contribution in [2.24, 2.45) is 0 Å². The molecule has 6 aromatic rings. The Bertz CT molecular complexity index is 1830. The lowest BCUT2D eigenvalue weighted by Crippen LogP contribution is -2.28. The third kappa shape index (κ3) is 6.62. The fourth-order valence-electron chi connectivity index (χ4n) is 6.00. The summed E-state index contributed by atoms with van der Waals surface area (Å²) in [6.07, 6.45) is 3.66. The Balaban J connectivity index is 1.21. The molecule has 11 heteroatoms. The van der Waals surface area contributed by atoms with Crippen LogP contribution in [0, 0.1) is 6.92 Å². The Labute approximate surface area is 271 Å². The predicted molar refractivity (Wildman–Crippen MR) is 180 cm³/mol. The summed E-state index contributed by atoms with van der Waals surface area (Å²) in [5, 5.41) is 27.6. The number of benzene rings is 3. The molecule has 3 aromatic heterocycles. The molecular formula is C35H36N8O2S. The summed E-state index contributed by atoms with van der Waals surface area (Å²) in [6, 6.07) is 30.8. The first-order valence-electron chi connectivity index (χ1n) is 15.6. The zero-order chi connectivity index (χ0) is 31.3. The summed E-state index contributed by atoms with van der Waals surface area (Å²) in [5.74, 6) is 1.12. The van der Waals surface area contributed by atoms with E-state index in [1.165, 1.54) is 11.1 Å². The molecule has 234 valence electrons. The molecule has 0 radical (unpaired) electrons. The smallest absolute Gasteiger partial charge is 0.227 e. The van der Waals surface area contributed by atoms with Crippen LogP contribution in [-0.2, 0) is 11.2 Å². The second kappa shape index (κ2) is 13.7. The van der Waals surface area contributed by atoms with Gasteiger partial charge in [0.1, 0.15) is 22.3 Å². The lowest BCUT2D eigenvalue weighted by Gasteiger charge is -2.21. The number of rotatable bonds is 12. The van der Waals surface area contributed by atoms with E-state index in [1.807, 2.05) is 41.8 Å². The predicted octanol–water partition coefficient (Wildman–Crippen LogP) is 6.30. The molecule has 0 saturated carbocycles. The van der Waals surface area contributed by atoms with E-state index in [0.29, 0.717) is 35.9 Å². The maximum Gasteiger partial charge on any atom is 0.227 e. The van der Waals surface area contributed by atoms with Crippen LogP contribution in [0.25, 0.3) is 11.2 Å². The molecule has 3 aromatic carbocycles. The van der Waals surface area contributed by atoms with Gasteiger partial charge >= 0.3 is 0 Å². The SMILES string of the molecule is Cc1nnc(C2CCC(n3cnc4c(NCC(c5ccccc5)c5ccccc5)nc(NC(CO)Cc5ccccc5)nc43)O2)s1. The second-order valence-electron chi connectivity index (χ2n) is 11.5. The number of ether oxygens (including phenoxy) is 1. The maximum absolute atomic E-state index is 10.3. The molecule has 0 spiro atoms. The van der Waals surface area contributed by atoms with Crippen molar-refractivity contribution in [2.75, 3.05) is 23.8 Å². The highest BCUT2D eigenvalue weighted by molar-refractivity contribution is 7.11. The number of aliphatic hydroxyl groups is 1. The number of aromatic nitrogens is 6. The van der Waals surface area contributed by atoms with Gasteiger partial charge in [-0.05, 0) is 42.9 Å². The number of nitrogens with one attached hydrogen (secondary N) is 2. The van der Waals surface area contributed by atoms with Crippen molar-refractivity contribution in [3.05, 3.63) is 124 Å². The van der Waals surface area contributed by atoms with Gasteiger partial charge in [0.05, 0.1) is 19.0 Å². The first-order chi connectivity index (χ1) is 22.6. The number of nitrogens with zero attached hydrogens (tertiary/aromatic N) is 6. The van der Waals surface area contributed by atoms with Gasteiger partial charge in [-0.2, -0.15) is 9.97 Å². The molecule has 1 aliphatic rings. The minimum Gasteiger partial charge on any atom is -0.394 e. The fourth-order valence-corrected chi connectivity index (χ4v) is 6.77. The fraction of sp³-hybridized carbons (Fsp3) is 0.286. The summed E-state index contributed by atoms with van der Waals surface area (Å²) in [5.41, 5.74) is 4.84. The van der Waals surface area contributed by atoms with Gasteiger partial charge in [-0.1, -0.05) is 102 Å². The van der Waals surface area contributed by atoms with Crippen LogP contribution in [0.15, 0.2) is 97.3 Å². The van der Waals surface area contributed by atoms with Crippen molar-refractivity contribution >= 4 is 34.3 Å². The van der Waals surface area contributed by atoms with Gasteiger partial charge in [0.2, 0.25) is 5.95 Å². The van der Waals surface area contributed by atoms with Crippen LogP contribution < -0.4 is 10.6 Å². The quantitative estimate of drug-likeness (QED) is 0.143. The monoisotopic (exact) mass is 632 g/mol. The average molecular weight is 633 g/mol. The molecule has 3 N–H and O–H groups in total. The topological polar surface area (TPSA) is 123 Å². The van der Waals surface area contributed by atoms with E-state index in [1.54, 1.807) is 17.7 Å². The minimum absolute atomic E-state index is 0.0723. The Morgan fingerprint density at radius 2 is 1.61 bits per heavy atom. The van der Waals surface area contributed by atoms with E-state index < -0.39 is 0 Å². The molecule has 0 aliphatic carbocycles. The number of hydrogen-bond donors (Lipinski definition) is 3. The van der Waals surface area contributed by atoms with Crippen LogP contribution in [0.1, 0.15) is 57.8 Å². The molecule has 4 heterocycles. The number of imidazole rings is 1. The van der Waals surface area contributed by atoms with E-state index in [-0.39, 0.29) is 30.9 Å². The van der Waals surface area contributed by atoms with E-state index in [4.69, 9.17) is 19.7 Å². The van der Waals surface area contributed by atoms with Gasteiger partial charge in [0.15, 0.2) is 17.0 Å². The van der Waals surface area contributed by atoms with E-state index in [0.717, 1.165) is 28.4 Å². The van der Waals surface area contributed by atoms with Crippen molar-refractivity contribution < 1.29 is 9.84 Å². The van der Waals surface area contributed by atoms with Crippen molar-refractivity contribution in [3.63, 3.8) is 0 Å². The van der Waals surface area contributed by atoms with Gasteiger partial charge in [0, 0.05) is 12.5 Å². The molecular weight excluding hydrogens is 597 g/mol. The lowest BCUT2D eigenvalue weighted by atomic mass is 9.91. The highest BCUT2D eigenvalue weighted by Crippen LogP contribution is 2.40. The molecule has 46 heavy (non-hydrogen) atoms. The van der Waals surface area contributed by atoms with Gasteiger partial charge in [0.25, 0.3) is 0 Å². The maximum atomic E-state index is 10.3. The molecule has 1 fully saturated rings. The summed E-state index contributed by atoms with van der Waals surface area (Å²) < 4.78 is 8.46. The van der Waals surface area contributed by atoms with E-state index in [9.17, 15) is 5.11 Å². The molecule has 10 nitrogen and oxygen atoms in total. The van der Waals surface area contributed by atoms with Crippen LogP contribution in [-0.4, -0.2) is 54.0 Å². The van der Waals surface area contributed by atoms with Crippen LogP contribution in [0.3, 0.4) is 0 Å². The Morgan fingerprint density at radius 3 is 2.26 bits per heavy atom. The summed E-state index contributed by atoms with van der Waals surface area (Å²) in [4.78, 5) is 14.6. The lowest BCUT2D eigenvalue weighted by molar-refractivity contribution is 0.00281. The van der Waals surface area contributed by atoms with Crippen molar-refractivity contribution in [1.29, 1.82) is 0 Å². The van der Waals surface area contributed by atoms with Crippen LogP contribution in [0.4, 0.5) is 11.8 Å². The third-order valence-electron chi connectivity index (χ3n) is 8.30. The Kier molecular flexibility index (Phi) is 8.95. The zero-order valence-electron chi connectivity index (χ0n) is 25.5. The average Bonchev–Trinajstić information content (AvgIpc) is 3.86. The number of fused-ring (bicyclic) bond motifs is 1. The highest BCUT2D eigenvalue weighted by atomic mass is 32.1. The number of anilines is 2. The van der Waals surface area contributed by atoms with E-state index >= 15 is 0 Å². The Hall–Kier alpha value is -4.71. The van der Waals surface area contributed by atoms with Crippen LogP contribution in [0.2, 0.25) is 0 Å². The largest absolute Gasteiger partial charge is 0.394 e. The first-order valence-corrected chi connectivity index (χ1v) is 16.4. The van der Waals surface area contributed by atoms with Crippen LogP contribution >= 0.6 is 11.3 Å². The summed E-state index contributed by atoms with van der Waals surface area (Å²) in [7, 11) is 0. The molecule has 0 bridgehead atoms. The molecule has 1 aliphatic heterocycles. The molecule has 0 amide bonds. The molecule has 1 saturated heterocycles. The molecule has 3 atom stereocenters. The molecule has 7 rings (SSSR count). The third-order valence-corrected chi connectivity index (χ3v) is 9.23. The standard InChI is InChI=1S/C35H36N8O2S/c1-23-41-42-34(46-23)29-17-18-30(45-29)43-22-37-31-32(36-20-28(25-13-7-3-8-14-25)26-15-9-4-10-16-26)39-35(40-33(31)43)38-27(21-44)19-24-11-5-2-6-12-24/h2-16,22,27-30,44H,17-21H2,1H3,(H2,36,38,39,40).